The lowest BCUT2D eigenvalue weighted by molar-refractivity contribution is 0.389. The fraction of sp³-hybridized carbons (Fsp3) is 0.667. The van der Waals surface area contributed by atoms with Crippen LogP contribution in [0.5, 0.6) is 0 Å². The molecule has 0 unspecified atom stereocenters. The molecule has 1 heterocycles. The van der Waals surface area contributed by atoms with Crippen molar-refractivity contribution < 1.29 is 0 Å². The predicted octanol–water partition coefficient (Wildman–Crippen LogP) is 2.08. The van der Waals surface area contributed by atoms with Gasteiger partial charge in [-0.3, -0.25) is 0 Å². The lowest BCUT2D eigenvalue weighted by atomic mass is 9.84. The van der Waals surface area contributed by atoms with Crippen molar-refractivity contribution in [2.45, 2.75) is 51.5 Å². The number of nitrogens with two attached hydrogens (primary N) is 1. The Morgan fingerprint density at radius 2 is 1.80 bits per heavy atom. The first-order valence-corrected chi connectivity index (χ1v) is 5.73. The van der Waals surface area contributed by atoms with Crippen LogP contribution in [0.4, 0.5) is 0 Å². The molecule has 0 bridgehead atoms. The first-order chi connectivity index (χ1) is 7.15. The minimum Gasteiger partial charge on any atom is -0.328 e. The van der Waals surface area contributed by atoms with E-state index in [1.807, 2.05) is 13.8 Å². The zero-order chi connectivity index (χ0) is 10.8. The molecule has 1 aromatic heterocycles. The highest BCUT2D eigenvalue weighted by molar-refractivity contribution is 5.14. The zero-order valence-corrected chi connectivity index (χ0v) is 9.53. The van der Waals surface area contributed by atoms with Crippen LogP contribution in [-0.4, -0.2) is 16.0 Å². The fourth-order valence-corrected chi connectivity index (χ4v) is 2.37. The molecule has 0 aliphatic heterocycles. The van der Waals surface area contributed by atoms with Crippen LogP contribution in [-0.2, 0) is 0 Å². The Kier molecular flexibility index (Phi) is 3.00. The molecule has 3 heteroatoms. The summed E-state index contributed by atoms with van der Waals surface area (Å²) in [5.41, 5.74) is 8.19. The van der Waals surface area contributed by atoms with Crippen molar-refractivity contribution in [3.8, 4) is 0 Å². The number of nitrogens with zero attached hydrogens (tertiary/aromatic N) is 2. The third-order valence-corrected chi connectivity index (χ3v) is 3.18. The van der Waals surface area contributed by atoms with E-state index >= 15 is 0 Å². The maximum atomic E-state index is 5.90. The Bertz CT molecular complexity index is 320. The van der Waals surface area contributed by atoms with E-state index in [4.69, 9.17) is 5.73 Å². The van der Waals surface area contributed by atoms with E-state index in [1.54, 1.807) is 0 Å². The molecular weight excluding hydrogens is 186 g/mol. The van der Waals surface area contributed by atoms with Gasteiger partial charge in [0.25, 0.3) is 0 Å². The molecule has 0 amide bonds. The van der Waals surface area contributed by atoms with Gasteiger partial charge in [0.2, 0.25) is 0 Å². The minimum atomic E-state index is 0.408. The van der Waals surface area contributed by atoms with Gasteiger partial charge in [-0.25, -0.2) is 9.97 Å². The predicted molar refractivity (Wildman–Crippen MR) is 60.7 cm³/mol. The lowest BCUT2D eigenvalue weighted by Crippen LogP contribution is -2.26. The van der Waals surface area contributed by atoms with Crippen LogP contribution in [0.1, 0.15) is 48.8 Å². The Morgan fingerprint density at radius 1 is 1.13 bits per heavy atom. The second kappa shape index (κ2) is 4.27. The average molecular weight is 205 g/mol. The van der Waals surface area contributed by atoms with Gasteiger partial charge in [0, 0.05) is 23.3 Å². The standard InChI is InChI=1S/C12H19N3/c1-8-7-12(15-9(2)14-8)10-3-5-11(13)6-4-10/h7,10-11H,3-6,13H2,1-2H3. The molecule has 0 spiro atoms. The number of hydrogen-bond acceptors (Lipinski definition) is 3. The molecule has 82 valence electrons. The van der Waals surface area contributed by atoms with E-state index in [-0.39, 0.29) is 0 Å². The van der Waals surface area contributed by atoms with E-state index in [9.17, 15) is 0 Å². The van der Waals surface area contributed by atoms with Crippen molar-refractivity contribution >= 4 is 0 Å². The van der Waals surface area contributed by atoms with Crippen LogP contribution < -0.4 is 5.73 Å². The number of rotatable bonds is 1. The van der Waals surface area contributed by atoms with E-state index < -0.39 is 0 Å². The van der Waals surface area contributed by atoms with Gasteiger partial charge in [0.1, 0.15) is 5.82 Å². The van der Waals surface area contributed by atoms with Crippen molar-refractivity contribution in [3.63, 3.8) is 0 Å². The minimum absolute atomic E-state index is 0.408. The second-order valence-electron chi connectivity index (χ2n) is 4.59. The Morgan fingerprint density at radius 3 is 2.40 bits per heavy atom. The summed E-state index contributed by atoms with van der Waals surface area (Å²) in [7, 11) is 0. The van der Waals surface area contributed by atoms with Crippen molar-refractivity contribution in [2.75, 3.05) is 0 Å². The molecule has 0 atom stereocenters. The van der Waals surface area contributed by atoms with Crippen molar-refractivity contribution in [1.29, 1.82) is 0 Å². The van der Waals surface area contributed by atoms with Gasteiger partial charge in [0.15, 0.2) is 0 Å². The fourth-order valence-electron chi connectivity index (χ4n) is 2.37. The summed E-state index contributed by atoms with van der Waals surface area (Å²) in [6, 6.07) is 2.53. The maximum Gasteiger partial charge on any atom is 0.125 e. The molecule has 1 aliphatic rings. The van der Waals surface area contributed by atoms with Crippen LogP contribution >= 0.6 is 0 Å². The van der Waals surface area contributed by atoms with Gasteiger partial charge in [-0.15, -0.1) is 0 Å². The van der Waals surface area contributed by atoms with Gasteiger partial charge in [-0.05, 0) is 45.6 Å². The Hall–Kier alpha value is -0.960. The third-order valence-electron chi connectivity index (χ3n) is 3.18. The van der Waals surface area contributed by atoms with Gasteiger partial charge in [0.05, 0.1) is 0 Å². The summed E-state index contributed by atoms with van der Waals surface area (Å²) in [5.74, 6) is 1.49. The molecule has 2 rings (SSSR count). The summed E-state index contributed by atoms with van der Waals surface area (Å²) >= 11 is 0. The average Bonchev–Trinajstić information content (AvgIpc) is 2.17. The molecule has 0 saturated heterocycles. The van der Waals surface area contributed by atoms with Crippen molar-refractivity contribution in [3.05, 3.63) is 23.3 Å². The third kappa shape index (κ3) is 2.53. The topological polar surface area (TPSA) is 51.8 Å². The molecular formula is C12H19N3. The normalized spacial score (nSPS) is 26.6. The molecule has 0 aromatic carbocycles. The zero-order valence-electron chi connectivity index (χ0n) is 9.53. The summed E-state index contributed by atoms with van der Waals surface area (Å²) < 4.78 is 0. The molecule has 0 radical (unpaired) electrons. The van der Waals surface area contributed by atoms with Gasteiger partial charge in [-0.1, -0.05) is 0 Å². The molecule has 2 N–H and O–H groups in total. The van der Waals surface area contributed by atoms with Gasteiger partial charge in [-0.2, -0.15) is 0 Å². The monoisotopic (exact) mass is 205 g/mol. The van der Waals surface area contributed by atoms with Crippen molar-refractivity contribution in [1.82, 2.24) is 9.97 Å². The Labute approximate surface area is 91.1 Å². The summed E-state index contributed by atoms with van der Waals surface area (Å²) in [6.45, 7) is 4.00. The van der Waals surface area contributed by atoms with E-state index in [0.717, 1.165) is 24.4 Å². The quantitative estimate of drug-likeness (QED) is 0.763. The van der Waals surface area contributed by atoms with Gasteiger partial charge >= 0.3 is 0 Å². The highest BCUT2D eigenvalue weighted by Gasteiger charge is 2.21. The number of hydrogen-bond donors (Lipinski definition) is 1. The van der Waals surface area contributed by atoms with E-state index in [0.29, 0.717) is 12.0 Å². The second-order valence-corrected chi connectivity index (χ2v) is 4.59. The smallest absolute Gasteiger partial charge is 0.125 e. The number of aromatic nitrogens is 2. The molecule has 15 heavy (non-hydrogen) atoms. The largest absolute Gasteiger partial charge is 0.328 e. The van der Waals surface area contributed by atoms with E-state index in [2.05, 4.69) is 16.0 Å². The molecule has 1 fully saturated rings. The van der Waals surface area contributed by atoms with Crippen LogP contribution in [0.15, 0.2) is 6.07 Å². The molecule has 1 aromatic rings. The Balaban J connectivity index is 2.15. The first kappa shape index (κ1) is 10.6. The van der Waals surface area contributed by atoms with Gasteiger partial charge < -0.3 is 5.73 Å². The molecule has 3 nitrogen and oxygen atoms in total. The van der Waals surface area contributed by atoms with E-state index in [1.165, 1.54) is 18.5 Å². The summed E-state index contributed by atoms with van der Waals surface area (Å²) in [4.78, 5) is 8.84. The highest BCUT2D eigenvalue weighted by Crippen LogP contribution is 2.31. The molecule has 1 aliphatic carbocycles. The van der Waals surface area contributed by atoms with Crippen LogP contribution in [0, 0.1) is 13.8 Å². The SMILES string of the molecule is Cc1cc(C2CCC(N)CC2)nc(C)n1. The first-order valence-electron chi connectivity index (χ1n) is 5.73. The van der Waals surface area contributed by atoms with Crippen LogP contribution in [0.25, 0.3) is 0 Å². The lowest BCUT2D eigenvalue weighted by Gasteiger charge is -2.25. The molecule has 1 saturated carbocycles. The number of aryl methyl sites for hydroxylation is 2. The summed E-state index contributed by atoms with van der Waals surface area (Å²) in [6.07, 6.45) is 4.62. The summed E-state index contributed by atoms with van der Waals surface area (Å²) in [5, 5.41) is 0. The highest BCUT2D eigenvalue weighted by atomic mass is 14.9. The van der Waals surface area contributed by atoms with Crippen LogP contribution in [0.3, 0.4) is 0 Å². The van der Waals surface area contributed by atoms with Crippen molar-refractivity contribution in [2.24, 2.45) is 5.73 Å². The van der Waals surface area contributed by atoms with Crippen LogP contribution in [0.2, 0.25) is 0 Å². The maximum absolute atomic E-state index is 5.90.